The van der Waals surface area contributed by atoms with Gasteiger partial charge in [-0.25, -0.2) is 0 Å². The van der Waals surface area contributed by atoms with Gasteiger partial charge in [-0.2, -0.15) is 0 Å². The van der Waals surface area contributed by atoms with Gasteiger partial charge < -0.3 is 21.7 Å². The fraction of sp³-hybridized carbons (Fsp3) is 0.857. The topological polar surface area (TPSA) is 127 Å². The zero-order valence-electron chi connectivity index (χ0n) is 13.7. The molecule has 6 heteroatoms. The minimum absolute atomic E-state index is 0. The second-order valence-electron chi connectivity index (χ2n) is 6.73. The minimum Gasteiger partial charge on any atom is -0.481 e. The smallest absolute Gasteiger partial charge is 0.303 e. The van der Waals surface area contributed by atoms with Crippen molar-refractivity contribution in [2.45, 2.75) is 78.3 Å². The van der Waals surface area contributed by atoms with E-state index in [4.69, 9.17) is 21.7 Å². The Morgan fingerprint density at radius 2 is 0.900 bits per heavy atom. The molecule has 0 unspecified atom stereocenters. The van der Waals surface area contributed by atoms with Gasteiger partial charge in [0.25, 0.3) is 0 Å². The Bertz CT molecular complexity index is 225. The molecule has 0 rings (SSSR count). The summed E-state index contributed by atoms with van der Waals surface area (Å²) in [7, 11) is 0. The van der Waals surface area contributed by atoms with Gasteiger partial charge in [0, 0.05) is 23.9 Å². The molecule has 0 saturated heterocycles. The highest BCUT2D eigenvalue weighted by atomic mass is 16.4. The molecule has 122 valence electrons. The molecule has 0 heterocycles. The third-order valence-electron chi connectivity index (χ3n) is 1.03. The first kappa shape index (κ1) is 23.9. The lowest BCUT2D eigenvalue weighted by molar-refractivity contribution is -0.139. The number of unbranched alkanes of at least 4 members (excludes halogenated alkanes) is 1. The van der Waals surface area contributed by atoms with E-state index < -0.39 is 11.9 Å². The molecule has 0 aliphatic rings. The molecule has 0 aromatic rings. The average Bonchev–Trinajstić information content (AvgIpc) is 2.06. The molecule has 0 aliphatic carbocycles. The van der Waals surface area contributed by atoms with E-state index in [1.54, 1.807) is 0 Å². The van der Waals surface area contributed by atoms with E-state index in [-0.39, 0.29) is 23.9 Å². The van der Waals surface area contributed by atoms with Crippen LogP contribution in [0.2, 0.25) is 0 Å². The number of rotatable bonds is 5. The quantitative estimate of drug-likeness (QED) is 0.575. The molecule has 0 aromatic heterocycles. The third-order valence-corrected chi connectivity index (χ3v) is 1.03. The second-order valence-corrected chi connectivity index (χ2v) is 6.73. The zero-order valence-corrected chi connectivity index (χ0v) is 13.7. The maximum absolute atomic E-state index is 9.90. The SMILES string of the molecule is CC(C)(C)N.CC(C)(C)N.O=C(O)CCCCC(=O)O. The lowest BCUT2D eigenvalue weighted by Crippen LogP contribution is -2.26. The average molecular weight is 292 g/mol. The Labute approximate surface area is 122 Å². The molecule has 0 aliphatic heterocycles. The first-order valence-corrected chi connectivity index (χ1v) is 6.64. The van der Waals surface area contributed by atoms with Crippen molar-refractivity contribution in [3.05, 3.63) is 0 Å². The van der Waals surface area contributed by atoms with Crippen LogP contribution in [0.1, 0.15) is 67.2 Å². The van der Waals surface area contributed by atoms with Crippen LogP contribution >= 0.6 is 0 Å². The van der Waals surface area contributed by atoms with Crippen LogP contribution in [-0.2, 0) is 9.59 Å². The van der Waals surface area contributed by atoms with Crippen molar-refractivity contribution < 1.29 is 19.8 Å². The summed E-state index contributed by atoms with van der Waals surface area (Å²) in [5.41, 5.74) is 10.7. The van der Waals surface area contributed by atoms with E-state index in [1.807, 2.05) is 41.5 Å². The number of hydrogen-bond acceptors (Lipinski definition) is 4. The van der Waals surface area contributed by atoms with Crippen molar-refractivity contribution in [1.82, 2.24) is 0 Å². The van der Waals surface area contributed by atoms with Crippen LogP contribution in [0.4, 0.5) is 0 Å². The molecule has 6 nitrogen and oxygen atoms in total. The van der Waals surface area contributed by atoms with E-state index >= 15 is 0 Å². The van der Waals surface area contributed by atoms with Crippen molar-refractivity contribution in [2.24, 2.45) is 11.5 Å². The highest BCUT2D eigenvalue weighted by molar-refractivity contribution is 5.67. The summed E-state index contributed by atoms with van der Waals surface area (Å²) in [6.45, 7) is 11.8. The summed E-state index contributed by atoms with van der Waals surface area (Å²) >= 11 is 0. The van der Waals surface area contributed by atoms with E-state index in [0.717, 1.165) is 0 Å². The minimum atomic E-state index is -0.870. The highest BCUT2D eigenvalue weighted by Gasteiger charge is 1.99. The van der Waals surface area contributed by atoms with Gasteiger partial charge in [0.1, 0.15) is 0 Å². The van der Waals surface area contributed by atoms with E-state index in [9.17, 15) is 9.59 Å². The molecular weight excluding hydrogens is 260 g/mol. The summed E-state index contributed by atoms with van der Waals surface area (Å²) in [5.74, 6) is -1.74. The molecule has 0 spiro atoms. The van der Waals surface area contributed by atoms with Crippen molar-refractivity contribution in [3.8, 4) is 0 Å². The molecule has 0 aromatic carbocycles. The first-order chi connectivity index (χ1) is 8.63. The third kappa shape index (κ3) is 124. The number of aliphatic carboxylic acids is 2. The van der Waals surface area contributed by atoms with Crippen LogP contribution < -0.4 is 11.5 Å². The predicted octanol–water partition coefficient (Wildman–Crippen LogP) is 2.20. The van der Waals surface area contributed by atoms with E-state index in [2.05, 4.69) is 0 Å². The van der Waals surface area contributed by atoms with Gasteiger partial charge in [-0.15, -0.1) is 0 Å². The molecule has 0 saturated carbocycles. The number of nitrogens with two attached hydrogens (primary N) is 2. The molecule has 6 N–H and O–H groups in total. The maximum atomic E-state index is 9.90. The second kappa shape index (κ2) is 11.7. The Balaban J connectivity index is -0.000000244. The van der Waals surface area contributed by atoms with Crippen LogP contribution in [0.5, 0.6) is 0 Å². The Morgan fingerprint density at radius 3 is 1.00 bits per heavy atom. The largest absolute Gasteiger partial charge is 0.481 e. The van der Waals surface area contributed by atoms with Gasteiger partial charge in [-0.05, 0) is 54.4 Å². The zero-order chi connectivity index (χ0) is 17.0. The van der Waals surface area contributed by atoms with Crippen LogP contribution in [0.3, 0.4) is 0 Å². The lowest BCUT2D eigenvalue weighted by Gasteiger charge is -2.06. The molecule has 0 atom stereocenters. The van der Waals surface area contributed by atoms with Crippen LogP contribution in [-0.4, -0.2) is 33.2 Å². The van der Waals surface area contributed by atoms with Gasteiger partial charge in [0.05, 0.1) is 0 Å². The van der Waals surface area contributed by atoms with Crippen LogP contribution in [0.25, 0.3) is 0 Å². The number of carboxylic acids is 2. The monoisotopic (exact) mass is 292 g/mol. The fourth-order valence-electron chi connectivity index (χ4n) is 0.552. The van der Waals surface area contributed by atoms with Crippen molar-refractivity contribution >= 4 is 11.9 Å². The van der Waals surface area contributed by atoms with Gasteiger partial charge >= 0.3 is 11.9 Å². The van der Waals surface area contributed by atoms with Crippen molar-refractivity contribution in [1.29, 1.82) is 0 Å². The summed E-state index contributed by atoms with van der Waals surface area (Å²) in [5, 5.41) is 16.3. The Morgan fingerprint density at radius 1 is 0.750 bits per heavy atom. The predicted molar refractivity (Wildman–Crippen MR) is 81.6 cm³/mol. The Hall–Kier alpha value is -1.14. The van der Waals surface area contributed by atoms with Gasteiger partial charge in [0.15, 0.2) is 0 Å². The number of carboxylic acid groups (broad SMARTS) is 2. The summed E-state index contributed by atoms with van der Waals surface area (Å²) in [6.07, 6.45) is 1.02. The fourth-order valence-corrected chi connectivity index (χ4v) is 0.552. The lowest BCUT2D eigenvalue weighted by atomic mass is 10.1. The first-order valence-electron chi connectivity index (χ1n) is 6.64. The highest BCUT2D eigenvalue weighted by Crippen LogP contribution is 1.98. The summed E-state index contributed by atoms with van der Waals surface area (Å²) in [6, 6.07) is 0. The van der Waals surface area contributed by atoms with Crippen molar-refractivity contribution in [2.75, 3.05) is 0 Å². The molecule has 20 heavy (non-hydrogen) atoms. The van der Waals surface area contributed by atoms with Crippen LogP contribution in [0, 0.1) is 0 Å². The molecule has 0 bridgehead atoms. The van der Waals surface area contributed by atoms with Crippen molar-refractivity contribution in [3.63, 3.8) is 0 Å². The molecular formula is C14H32N2O4. The van der Waals surface area contributed by atoms with E-state index in [1.165, 1.54) is 0 Å². The molecule has 0 radical (unpaired) electrons. The summed E-state index contributed by atoms with van der Waals surface area (Å²) < 4.78 is 0. The Kier molecular flexibility index (Phi) is 14.0. The summed E-state index contributed by atoms with van der Waals surface area (Å²) in [4.78, 5) is 19.8. The normalized spacial score (nSPS) is 10.6. The number of hydrogen-bond donors (Lipinski definition) is 4. The molecule has 0 fully saturated rings. The van der Waals surface area contributed by atoms with Gasteiger partial charge in [0.2, 0.25) is 0 Å². The molecule has 0 amide bonds. The maximum Gasteiger partial charge on any atom is 0.303 e. The standard InChI is InChI=1S/C6H10O4.2C4H11N/c7-5(8)3-1-2-4-6(9)10;2*1-4(2,3)5/h1-4H2,(H,7,8)(H,9,10);2*5H2,1-3H3. The van der Waals surface area contributed by atoms with E-state index in [0.29, 0.717) is 12.8 Å². The van der Waals surface area contributed by atoms with Gasteiger partial charge in [-0.1, -0.05) is 0 Å². The van der Waals surface area contributed by atoms with Crippen LogP contribution in [0.15, 0.2) is 0 Å². The number of carbonyl (C=O) groups is 2. The van der Waals surface area contributed by atoms with Gasteiger partial charge in [-0.3, -0.25) is 9.59 Å².